The van der Waals surface area contributed by atoms with Crippen molar-refractivity contribution in [2.24, 2.45) is 0 Å². The zero-order valence-electron chi connectivity index (χ0n) is 12.4. The van der Waals surface area contributed by atoms with Gasteiger partial charge in [0, 0.05) is 18.0 Å². The Hall–Kier alpha value is -1.70. The molecule has 0 atom stereocenters. The molecule has 0 spiro atoms. The molecule has 0 amide bonds. The largest absolute Gasteiger partial charge is 0.465 e. The van der Waals surface area contributed by atoms with Crippen LogP contribution in [0.3, 0.4) is 0 Å². The zero-order chi connectivity index (χ0) is 16.2. The molecule has 0 aliphatic rings. The van der Waals surface area contributed by atoms with E-state index in [9.17, 15) is 13.2 Å². The Morgan fingerprint density at radius 1 is 1.27 bits per heavy atom. The fraction of sp³-hybridized carbons (Fsp3) is 0.267. The van der Waals surface area contributed by atoms with E-state index in [1.807, 2.05) is 17.5 Å². The number of sulfonamides is 1. The van der Waals surface area contributed by atoms with E-state index >= 15 is 0 Å². The van der Waals surface area contributed by atoms with Crippen LogP contribution in [0.2, 0.25) is 0 Å². The van der Waals surface area contributed by atoms with Crippen LogP contribution >= 0.6 is 11.3 Å². The molecule has 0 bridgehead atoms. The Morgan fingerprint density at radius 2 is 2.05 bits per heavy atom. The molecule has 1 aromatic carbocycles. The third kappa shape index (κ3) is 3.55. The van der Waals surface area contributed by atoms with Crippen molar-refractivity contribution in [1.29, 1.82) is 0 Å². The SMILES string of the molecule is CCN(Cc1cccs1)S(=O)(=O)c1cccc(C(=O)OC)c1. The van der Waals surface area contributed by atoms with Crippen molar-refractivity contribution in [2.45, 2.75) is 18.4 Å². The van der Waals surface area contributed by atoms with Crippen LogP contribution in [0.15, 0.2) is 46.7 Å². The van der Waals surface area contributed by atoms with Crippen molar-refractivity contribution in [1.82, 2.24) is 4.31 Å². The first-order valence-corrected chi connectivity index (χ1v) is 9.02. The van der Waals surface area contributed by atoms with E-state index in [2.05, 4.69) is 4.74 Å². The monoisotopic (exact) mass is 339 g/mol. The molecule has 0 saturated carbocycles. The molecule has 0 radical (unpaired) electrons. The lowest BCUT2D eigenvalue weighted by molar-refractivity contribution is 0.0600. The van der Waals surface area contributed by atoms with Gasteiger partial charge in [-0.3, -0.25) is 0 Å². The van der Waals surface area contributed by atoms with Crippen LogP contribution in [0.5, 0.6) is 0 Å². The van der Waals surface area contributed by atoms with Crippen molar-refractivity contribution in [3.8, 4) is 0 Å². The number of thiophene rings is 1. The molecule has 2 rings (SSSR count). The lowest BCUT2D eigenvalue weighted by Crippen LogP contribution is -2.30. The molecule has 5 nitrogen and oxygen atoms in total. The Morgan fingerprint density at radius 3 is 2.64 bits per heavy atom. The molecule has 118 valence electrons. The summed E-state index contributed by atoms with van der Waals surface area (Å²) >= 11 is 1.51. The first kappa shape index (κ1) is 16.7. The molecule has 2 aromatic rings. The number of ether oxygens (including phenoxy) is 1. The van der Waals surface area contributed by atoms with Crippen molar-refractivity contribution >= 4 is 27.3 Å². The van der Waals surface area contributed by atoms with Gasteiger partial charge in [-0.05, 0) is 29.6 Å². The van der Waals surface area contributed by atoms with Gasteiger partial charge in [0.1, 0.15) is 0 Å². The smallest absolute Gasteiger partial charge is 0.337 e. The van der Waals surface area contributed by atoms with E-state index in [-0.39, 0.29) is 10.5 Å². The Kier molecular flexibility index (Phi) is 5.33. The number of nitrogens with zero attached hydrogens (tertiary/aromatic N) is 1. The van der Waals surface area contributed by atoms with Crippen LogP contribution < -0.4 is 0 Å². The van der Waals surface area contributed by atoms with E-state index in [1.165, 1.54) is 47.0 Å². The van der Waals surface area contributed by atoms with Gasteiger partial charge in [0.15, 0.2) is 0 Å². The van der Waals surface area contributed by atoms with Gasteiger partial charge in [0.2, 0.25) is 10.0 Å². The van der Waals surface area contributed by atoms with Crippen LogP contribution in [0, 0.1) is 0 Å². The average molecular weight is 339 g/mol. The summed E-state index contributed by atoms with van der Waals surface area (Å²) in [6, 6.07) is 9.68. The molecule has 22 heavy (non-hydrogen) atoms. The van der Waals surface area contributed by atoms with E-state index in [4.69, 9.17) is 0 Å². The quantitative estimate of drug-likeness (QED) is 0.759. The minimum absolute atomic E-state index is 0.0915. The second-order valence-electron chi connectivity index (χ2n) is 4.53. The third-order valence-electron chi connectivity index (χ3n) is 3.16. The predicted molar refractivity (Wildman–Crippen MR) is 85.4 cm³/mol. The van der Waals surface area contributed by atoms with Gasteiger partial charge in [0.25, 0.3) is 0 Å². The summed E-state index contributed by atoms with van der Waals surface area (Å²) in [5.41, 5.74) is 0.218. The van der Waals surface area contributed by atoms with Gasteiger partial charge in [0.05, 0.1) is 17.6 Å². The van der Waals surface area contributed by atoms with E-state index in [0.717, 1.165) is 4.88 Å². The van der Waals surface area contributed by atoms with Gasteiger partial charge in [-0.15, -0.1) is 11.3 Å². The molecule has 0 unspecified atom stereocenters. The first-order valence-electron chi connectivity index (χ1n) is 6.70. The highest BCUT2D eigenvalue weighted by atomic mass is 32.2. The van der Waals surface area contributed by atoms with Crippen molar-refractivity contribution in [3.05, 3.63) is 52.2 Å². The summed E-state index contributed by atoms with van der Waals surface area (Å²) in [5.74, 6) is -0.557. The van der Waals surface area contributed by atoms with E-state index in [0.29, 0.717) is 13.1 Å². The normalized spacial score (nSPS) is 11.6. The topological polar surface area (TPSA) is 63.7 Å². The number of hydrogen-bond donors (Lipinski definition) is 0. The summed E-state index contributed by atoms with van der Waals surface area (Å²) in [6.45, 7) is 2.46. The van der Waals surface area contributed by atoms with Gasteiger partial charge < -0.3 is 4.74 Å². The molecular weight excluding hydrogens is 322 g/mol. The summed E-state index contributed by atoms with van der Waals surface area (Å²) in [7, 11) is -2.40. The number of methoxy groups -OCH3 is 1. The van der Waals surface area contributed by atoms with Crippen LogP contribution in [0.4, 0.5) is 0 Å². The lowest BCUT2D eigenvalue weighted by atomic mass is 10.2. The van der Waals surface area contributed by atoms with Gasteiger partial charge in [-0.25, -0.2) is 13.2 Å². The summed E-state index contributed by atoms with van der Waals surface area (Å²) in [5, 5.41) is 1.91. The molecule has 0 aliphatic carbocycles. The van der Waals surface area contributed by atoms with Crippen molar-refractivity contribution < 1.29 is 17.9 Å². The van der Waals surface area contributed by atoms with Gasteiger partial charge >= 0.3 is 5.97 Å². The summed E-state index contributed by atoms with van der Waals surface area (Å²) in [4.78, 5) is 12.6. The predicted octanol–water partition coefficient (Wildman–Crippen LogP) is 2.75. The first-order chi connectivity index (χ1) is 10.5. The lowest BCUT2D eigenvalue weighted by Gasteiger charge is -2.20. The number of rotatable bonds is 6. The van der Waals surface area contributed by atoms with E-state index in [1.54, 1.807) is 6.92 Å². The summed E-state index contributed by atoms with van der Waals surface area (Å²) < 4.78 is 31.5. The van der Waals surface area contributed by atoms with Crippen molar-refractivity contribution in [2.75, 3.05) is 13.7 Å². The van der Waals surface area contributed by atoms with Gasteiger partial charge in [-0.1, -0.05) is 19.1 Å². The Labute approximate surface area is 134 Å². The molecule has 0 saturated heterocycles. The maximum absolute atomic E-state index is 12.7. The number of carbonyl (C=O) groups is 1. The van der Waals surface area contributed by atoms with E-state index < -0.39 is 16.0 Å². The summed E-state index contributed by atoms with van der Waals surface area (Å²) in [6.07, 6.45) is 0. The molecule has 1 heterocycles. The molecule has 1 aromatic heterocycles. The minimum Gasteiger partial charge on any atom is -0.465 e. The molecule has 0 N–H and O–H groups in total. The molecular formula is C15H17NO4S2. The van der Waals surface area contributed by atoms with Crippen LogP contribution in [0.1, 0.15) is 22.2 Å². The van der Waals surface area contributed by atoms with Crippen LogP contribution in [-0.2, 0) is 21.3 Å². The minimum atomic E-state index is -3.66. The fourth-order valence-corrected chi connectivity index (χ4v) is 4.27. The third-order valence-corrected chi connectivity index (χ3v) is 5.94. The Balaban J connectivity index is 2.33. The second-order valence-corrected chi connectivity index (χ2v) is 7.50. The van der Waals surface area contributed by atoms with Crippen LogP contribution in [0.25, 0.3) is 0 Å². The van der Waals surface area contributed by atoms with Crippen LogP contribution in [-0.4, -0.2) is 32.3 Å². The molecule has 7 heteroatoms. The maximum atomic E-state index is 12.7. The number of carbonyl (C=O) groups excluding carboxylic acids is 1. The molecule has 0 fully saturated rings. The number of hydrogen-bond acceptors (Lipinski definition) is 5. The highest BCUT2D eigenvalue weighted by Gasteiger charge is 2.24. The highest BCUT2D eigenvalue weighted by Crippen LogP contribution is 2.21. The zero-order valence-corrected chi connectivity index (χ0v) is 14.0. The average Bonchev–Trinajstić information content (AvgIpc) is 3.04. The Bertz CT molecular complexity index is 739. The number of esters is 1. The highest BCUT2D eigenvalue weighted by molar-refractivity contribution is 7.89. The maximum Gasteiger partial charge on any atom is 0.337 e. The number of benzene rings is 1. The van der Waals surface area contributed by atoms with Gasteiger partial charge in [-0.2, -0.15) is 4.31 Å². The second kappa shape index (κ2) is 7.04. The van der Waals surface area contributed by atoms with Crippen molar-refractivity contribution in [3.63, 3.8) is 0 Å². The standard InChI is InChI=1S/C15H17NO4S2/c1-3-16(11-13-7-5-9-21-13)22(18,19)14-8-4-6-12(10-14)15(17)20-2/h4-10H,3,11H2,1-2H3. The molecule has 0 aliphatic heterocycles. The fourth-order valence-electron chi connectivity index (χ4n) is 1.99.